The highest BCUT2D eigenvalue weighted by Crippen LogP contribution is 2.15. The van der Waals surface area contributed by atoms with E-state index >= 15 is 0 Å². The molecule has 0 aliphatic rings. The molecule has 0 saturated carbocycles. The number of halogens is 1. The van der Waals surface area contributed by atoms with Crippen LogP contribution in [0.15, 0.2) is 53.0 Å². The molecule has 94 valence electrons. The van der Waals surface area contributed by atoms with Gasteiger partial charge in [-0.2, -0.15) is 0 Å². The normalized spacial score (nSPS) is 10.1. The third kappa shape index (κ3) is 4.08. The first kappa shape index (κ1) is 13.0. The Kier molecular flexibility index (Phi) is 4.65. The van der Waals surface area contributed by atoms with E-state index in [1.165, 1.54) is 5.56 Å². The second-order valence-corrected chi connectivity index (χ2v) is 5.02. The van der Waals surface area contributed by atoms with Crippen LogP contribution in [0.1, 0.15) is 5.56 Å². The molecule has 2 aromatic rings. The van der Waals surface area contributed by atoms with Crippen LogP contribution in [0.2, 0.25) is 0 Å². The number of anilines is 1. The van der Waals surface area contributed by atoms with Gasteiger partial charge in [0.1, 0.15) is 12.4 Å². The maximum absolute atomic E-state index is 5.66. The predicted molar refractivity (Wildman–Crippen MR) is 79.3 cm³/mol. The van der Waals surface area contributed by atoms with Crippen LogP contribution in [-0.2, 0) is 0 Å². The van der Waals surface area contributed by atoms with Crippen molar-refractivity contribution in [3.05, 3.63) is 58.6 Å². The van der Waals surface area contributed by atoms with E-state index < -0.39 is 0 Å². The summed E-state index contributed by atoms with van der Waals surface area (Å²) in [4.78, 5) is 0. The van der Waals surface area contributed by atoms with Crippen LogP contribution in [0.25, 0.3) is 0 Å². The molecule has 3 heteroatoms. The standard InChI is InChI=1S/C15H16BrNO/c1-12-4-2-7-15(10-12)18-9-8-17-14-6-3-5-13(16)11-14/h2-7,10-11,17H,8-9H2,1H3. The van der Waals surface area contributed by atoms with Crippen molar-refractivity contribution < 1.29 is 4.74 Å². The summed E-state index contributed by atoms with van der Waals surface area (Å²) >= 11 is 3.44. The van der Waals surface area contributed by atoms with Gasteiger partial charge in [-0.15, -0.1) is 0 Å². The summed E-state index contributed by atoms with van der Waals surface area (Å²) in [5.74, 6) is 0.922. The molecular weight excluding hydrogens is 290 g/mol. The smallest absolute Gasteiger partial charge is 0.119 e. The first-order valence-corrected chi connectivity index (χ1v) is 6.72. The summed E-state index contributed by atoms with van der Waals surface area (Å²) < 4.78 is 6.74. The lowest BCUT2D eigenvalue weighted by Gasteiger charge is -2.09. The Hall–Kier alpha value is -1.48. The van der Waals surface area contributed by atoms with Crippen LogP contribution < -0.4 is 10.1 Å². The fraction of sp³-hybridized carbons (Fsp3) is 0.200. The van der Waals surface area contributed by atoms with Crippen LogP contribution in [0.3, 0.4) is 0 Å². The Morgan fingerprint density at radius 2 is 1.94 bits per heavy atom. The number of aryl methyl sites for hydroxylation is 1. The quantitative estimate of drug-likeness (QED) is 0.834. The molecule has 0 radical (unpaired) electrons. The minimum Gasteiger partial charge on any atom is -0.492 e. The van der Waals surface area contributed by atoms with E-state index in [0.717, 1.165) is 22.5 Å². The number of rotatable bonds is 5. The van der Waals surface area contributed by atoms with Crippen molar-refractivity contribution in [2.45, 2.75) is 6.92 Å². The minimum absolute atomic E-state index is 0.649. The topological polar surface area (TPSA) is 21.3 Å². The molecule has 0 aliphatic heterocycles. The number of benzene rings is 2. The van der Waals surface area contributed by atoms with Gasteiger partial charge in [-0.25, -0.2) is 0 Å². The summed E-state index contributed by atoms with van der Waals surface area (Å²) in [6.07, 6.45) is 0. The fourth-order valence-electron chi connectivity index (χ4n) is 1.67. The van der Waals surface area contributed by atoms with Crippen LogP contribution in [0.4, 0.5) is 5.69 Å². The summed E-state index contributed by atoms with van der Waals surface area (Å²) in [5.41, 5.74) is 2.31. The van der Waals surface area contributed by atoms with Gasteiger partial charge in [-0.1, -0.05) is 34.1 Å². The molecule has 0 atom stereocenters. The lowest BCUT2D eigenvalue weighted by Crippen LogP contribution is -2.11. The van der Waals surface area contributed by atoms with Crippen molar-refractivity contribution in [1.82, 2.24) is 0 Å². The van der Waals surface area contributed by atoms with E-state index in [-0.39, 0.29) is 0 Å². The van der Waals surface area contributed by atoms with E-state index in [0.29, 0.717) is 6.61 Å². The highest BCUT2D eigenvalue weighted by Gasteiger charge is 1.95. The molecule has 0 aliphatic carbocycles. The molecule has 0 amide bonds. The monoisotopic (exact) mass is 305 g/mol. The van der Waals surface area contributed by atoms with Gasteiger partial charge in [-0.05, 0) is 42.8 Å². The van der Waals surface area contributed by atoms with E-state index in [1.54, 1.807) is 0 Å². The molecule has 0 heterocycles. The first-order chi connectivity index (χ1) is 8.74. The Bertz CT molecular complexity index is 466. The second kappa shape index (κ2) is 6.45. The zero-order valence-corrected chi connectivity index (χ0v) is 11.9. The average molecular weight is 306 g/mol. The molecule has 2 rings (SSSR count). The van der Waals surface area contributed by atoms with Crippen LogP contribution in [-0.4, -0.2) is 13.2 Å². The van der Waals surface area contributed by atoms with Gasteiger partial charge in [0.2, 0.25) is 0 Å². The van der Waals surface area contributed by atoms with Crippen molar-refractivity contribution in [2.24, 2.45) is 0 Å². The van der Waals surface area contributed by atoms with E-state index in [4.69, 9.17) is 4.74 Å². The van der Waals surface area contributed by atoms with Crippen molar-refractivity contribution in [2.75, 3.05) is 18.5 Å². The Balaban J connectivity index is 1.76. The molecule has 0 aromatic heterocycles. The number of hydrogen-bond donors (Lipinski definition) is 1. The van der Waals surface area contributed by atoms with Crippen molar-refractivity contribution in [3.8, 4) is 5.75 Å². The van der Waals surface area contributed by atoms with Gasteiger partial charge in [0.15, 0.2) is 0 Å². The summed E-state index contributed by atoms with van der Waals surface area (Å²) in [5, 5.41) is 3.32. The second-order valence-electron chi connectivity index (χ2n) is 4.10. The maximum atomic E-state index is 5.66. The zero-order valence-electron chi connectivity index (χ0n) is 10.3. The number of ether oxygens (including phenoxy) is 1. The van der Waals surface area contributed by atoms with E-state index in [1.807, 2.05) is 42.5 Å². The van der Waals surface area contributed by atoms with E-state index in [2.05, 4.69) is 34.2 Å². The van der Waals surface area contributed by atoms with Crippen molar-refractivity contribution in [1.29, 1.82) is 0 Å². The van der Waals surface area contributed by atoms with Crippen LogP contribution in [0, 0.1) is 6.92 Å². The molecule has 0 fully saturated rings. The molecule has 0 spiro atoms. The number of hydrogen-bond acceptors (Lipinski definition) is 2. The SMILES string of the molecule is Cc1cccc(OCCNc2cccc(Br)c2)c1. The highest BCUT2D eigenvalue weighted by atomic mass is 79.9. The molecule has 2 nitrogen and oxygen atoms in total. The summed E-state index contributed by atoms with van der Waals surface area (Å²) in [6.45, 7) is 3.49. The molecule has 0 bridgehead atoms. The van der Waals surface area contributed by atoms with Gasteiger partial charge in [0, 0.05) is 16.7 Å². The van der Waals surface area contributed by atoms with Crippen molar-refractivity contribution in [3.63, 3.8) is 0 Å². The lowest BCUT2D eigenvalue weighted by atomic mass is 10.2. The molecule has 1 N–H and O–H groups in total. The number of nitrogens with one attached hydrogen (secondary N) is 1. The summed E-state index contributed by atoms with van der Waals surface area (Å²) in [6, 6.07) is 16.2. The lowest BCUT2D eigenvalue weighted by molar-refractivity contribution is 0.332. The molecule has 18 heavy (non-hydrogen) atoms. The van der Waals surface area contributed by atoms with E-state index in [9.17, 15) is 0 Å². The maximum Gasteiger partial charge on any atom is 0.119 e. The van der Waals surface area contributed by atoms with Gasteiger partial charge in [-0.3, -0.25) is 0 Å². The van der Waals surface area contributed by atoms with Gasteiger partial charge < -0.3 is 10.1 Å². The largest absolute Gasteiger partial charge is 0.492 e. The third-order valence-electron chi connectivity index (χ3n) is 2.51. The van der Waals surface area contributed by atoms with Gasteiger partial charge in [0.25, 0.3) is 0 Å². The van der Waals surface area contributed by atoms with Gasteiger partial charge >= 0.3 is 0 Å². The average Bonchev–Trinajstić information content (AvgIpc) is 2.35. The Morgan fingerprint density at radius 1 is 1.11 bits per heavy atom. The highest BCUT2D eigenvalue weighted by molar-refractivity contribution is 9.10. The van der Waals surface area contributed by atoms with Crippen LogP contribution >= 0.6 is 15.9 Å². The molecule has 0 unspecified atom stereocenters. The third-order valence-corrected chi connectivity index (χ3v) is 3.01. The molecular formula is C15H16BrNO. The fourth-order valence-corrected chi connectivity index (χ4v) is 2.07. The predicted octanol–water partition coefficient (Wildman–Crippen LogP) is 4.25. The molecule has 2 aromatic carbocycles. The summed E-state index contributed by atoms with van der Waals surface area (Å²) in [7, 11) is 0. The van der Waals surface area contributed by atoms with Crippen molar-refractivity contribution >= 4 is 21.6 Å². The first-order valence-electron chi connectivity index (χ1n) is 5.93. The molecule has 0 saturated heterocycles. The Morgan fingerprint density at radius 3 is 2.72 bits per heavy atom. The zero-order chi connectivity index (χ0) is 12.8. The van der Waals surface area contributed by atoms with Gasteiger partial charge in [0.05, 0.1) is 0 Å². The minimum atomic E-state index is 0.649. The Labute approximate surface area is 116 Å². The van der Waals surface area contributed by atoms with Crippen LogP contribution in [0.5, 0.6) is 5.75 Å².